The van der Waals surface area contributed by atoms with E-state index in [0.29, 0.717) is 15.7 Å². The number of amides is 1. The molecule has 1 amide bonds. The molecule has 0 saturated heterocycles. The lowest BCUT2D eigenvalue weighted by molar-refractivity contribution is 0.103. The van der Waals surface area contributed by atoms with Gasteiger partial charge in [0.2, 0.25) is 0 Å². The summed E-state index contributed by atoms with van der Waals surface area (Å²) in [6.07, 6.45) is 3.37. The Morgan fingerprint density at radius 3 is 2.95 bits per heavy atom. The Balaban J connectivity index is 2.10. The fourth-order valence-electron chi connectivity index (χ4n) is 1.51. The summed E-state index contributed by atoms with van der Waals surface area (Å²) < 4.78 is 1.73. The van der Waals surface area contributed by atoms with E-state index in [4.69, 9.17) is 5.73 Å². The van der Waals surface area contributed by atoms with Crippen molar-refractivity contribution < 1.29 is 4.79 Å². The van der Waals surface area contributed by atoms with Crippen LogP contribution in [-0.2, 0) is 6.54 Å². The molecule has 8 heteroatoms. The number of carbonyl (C=O) groups is 1. The van der Waals surface area contributed by atoms with Crippen LogP contribution >= 0.6 is 11.3 Å². The van der Waals surface area contributed by atoms with Crippen LogP contribution in [0, 0.1) is 0 Å². The van der Waals surface area contributed by atoms with E-state index in [2.05, 4.69) is 20.7 Å². The van der Waals surface area contributed by atoms with Gasteiger partial charge in [-0.25, -0.2) is 4.98 Å². The summed E-state index contributed by atoms with van der Waals surface area (Å²) in [7, 11) is 0. The highest BCUT2D eigenvalue weighted by Crippen LogP contribution is 2.25. The van der Waals surface area contributed by atoms with Gasteiger partial charge in [0, 0.05) is 19.3 Å². The highest BCUT2D eigenvalue weighted by Gasteiger charge is 2.16. The van der Waals surface area contributed by atoms with E-state index in [1.807, 2.05) is 13.8 Å². The van der Waals surface area contributed by atoms with Gasteiger partial charge in [0.15, 0.2) is 5.13 Å². The quantitative estimate of drug-likeness (QED) is 0.773. The molecule has 0 saturated carbocycles. The maximum atomic E-state index is 12.1. The van der Waals surface area contributed by atoms with Gasteiger partial charge in [-0.15, -0.1) is 0 Å². The first-order valence-corrected chi connectivity index (χ1v) is 6.79. The molecule has 2 heterocycles. The molecule has 0 aliphatic heterocycles. The fraction of sp³-hybridized carbons (Fsp3) is 0.364. The average Bonchev–Trinajstić information content (AvgIpc) is 2.96. The third kappa shape index (κ3) is 3.02. The lowest BCUT2D eigenvalue weighted by Crippen LogP contribution is -2.11. The van der Waals surface area contributed by atoms with E-state index in [0.717, 1.165) is 13.1 Å². The molecule has 2 aromatic rings. The Bertz CT molecular complexity index is 576. The Hall–Kier alpha value is -2.09. The van der Waals surface area contributed by atoms with Gasteiger partial charge in [-0.1, -0.05) is 11.3 Å². The van der Waals surface area contributed by atoms with Gasteiger partial charge in [0.05, 0.1) is 11.9 Å². The predicted molar refractivity (Wildman–Crippen MR) is 76.5 cm³/mol. The number of nitrogens with zero attached hydrogens (tertiary/aromatic N) is 3. The summed E-state index contributed by atoms with van der Waals surface area (Å²) in [6.45, 7) is 5.42. The second kappa shape index (κ2) is 5.70. The van der Waals surface area contributed by atoms with Crippen LogP contribution in [0.25, 0.3) is 0 Å². The molecule has 0 aliphatic rings. The van der Waals surface area contributed by atoms with E-state index >= 15 is 0 Å². The minimum Gasteiger partial charge on any atom is -0.382 e. The Labute approximate surface area is 114 Å². The average molecular weight is 280 g/mol. The Morgan fingerprint density at radius 1 is 1.53 bits per heavy atom. The summed E-state index contributed by atoms with van der Waals surface area (Å²) in [5, 5.41) is 10.5. The predicted octanol–water partition coefficient (Wildman–Crippen LogP) is 1.63. The summed E-state index contributed by atoms with van der Waals surface area (Å²) in [6, 6.07) is 0. The van der Waals surface area contributed by atoms with Crippen molar-refractivity contribution in [2.75, 3.05) is 22.9 Å². The largest absolute Gasteiger partial charge is 0.382 e. The molecule has 2 aromatic heterocycles. The van der Waals surface area contributed by atoms with E-state index < -0.39 is 0 Å². The molecule has 0 spiro atoms. The van der Waals surface area contributed by atoms with Gasteiger partial charge in [-0.05, 0) is 13.8 Å². The molecule has 0 radical (unpaired) electrons. The minimum absolute atomic E-state index is 0.237. The van der Waals surface area contributed by atoms with Crippen molar-refractivity contribution in [1.29, 1.82) is 0 Å². The number of hydrogen-bond acceptors (Lipinski definition) is 6. The first-order valence-electron chi connectivity index (χ1n) is 5.98. The van der Waals surface area contributed by atoms with Crippen LogP contribution in [-0.4, -0.2) is 27.2 Å². The SMILES string of the molecule is CCNc1nc(N)c(C(=O)Nc2cnn(CC)c2)s1. The van der Waals surface area contributed by atoms with E-state index in [1.165, 1.54) is 11.3 Å². The molecular weight excluding hydrogens is 264 g/mol. The highest BCUT2D eigenvalue weighted by atomic mass is 32.1. The van der Waals surface area contributed by atoms with Crippen LogP contribution in [0.1, 0.15) is 23.5 Å². The van der Waals surface area contributed by atoms with Crippen molar-refractivity contribution in [2.45, 2.75) is 20.4 Å². The number of aromatic nitrogens is 3. The highest BCUT2D eigenvalue weighted by molar-refractivity contribution is 7.18. The summed E-state index contributed by atoms with van der Waals surface area (Å²) in [5.41, 5.74) is 6.38. The fourth-order valence-corrected chi connectivity index (χ4v) is 2.36. The van der Waals surface area contributed by atoms with E-state index in [1.54, 1.807) is 17.1 Å². The van der Waals surface area contributed by atoms with Gasteiger partial charge in [0.1, 0.15) is 10.7 Å². The molecule has 0 unspecified atom stereocenters. The number of anilines is 3. The summed E-state index contributed by atoms with van der Waals surface area (Å²) in [4.78, 5) is 16.6. The second-order valence-electron chi connectivity index (χ2n) is 3.80. The van der Waals surface area contributed by atoms with E-state index in [9.17, 15) is 4.79 Å². The molecule has 7 nitrogen and oxygen atoms in total. The molecule has 0 aliphatic carbocycles. The number of aryl methyl sites for hydroxylation is 1. The van der Waals surface area contributed by atoms with Gasteiger partial charge in [-0.3, -0.25) is 9.48 Å². The maximum Gasteiger partial charge on any atom is 0.269 e. The van der Waals surface area contributed by atoms with Gasteiger partial charge < -0.3 is 16.4 Å². The van der Waals surface area contributed by atoms with Crippen molar-refractivity contribution >= 4 is 33.9 Å². The molecule has 102 valence electrons. The monoisotopic (exact) mass is 280 g/mol. The van der Waals surface area contributed by atoms with Crippen molar-refractivity contribution in [2.24, 2.45) is 0 Å². The molecule has 0 atom stereocenters. The number of nitrogens with one attached hydrogen (secondary N) is 2. The number of carbonyl (C=O) groups excluding carboxylic acids is 1. The topological polar surface area (TPSA) is 97.9 Å². The minimum atomic E-state index is -0.269. The first kappa shape index (κ1) is 13.3. The molecular formula is C11H16N6OS. The first-order chi connectivity index (χ1) is 9.13. The zero-order chi connectivity index (χ0) is 13.8. The number of hydrogen-bond donors (Lipinski definition) is 3. The number of nitrogen functional groups attached to an aromatic ring is 1. The van der Waals surface area contributed by atoms with Crippen LogP contribution in [0.3, 0.4) is 0 Å². The number of thiazole rings is 1. The summed E-state index contributed by atoms with van der Waals surface area (Å²) in [5.74, 6) is -0.0314. The zero-order valence-corrected chi connectivity index (χ0v) is 11.6. The number of rotatable bonds is 5. The van der Waals surface area contributed by atoms with Crippen LogP contribution in [0.4, 0.5) is 16.6 Å². The lowest BCUT2D eigenvalue weighted by atomic mass is 10.4. The van der Waals surface area contributed by atoms with Crippen LogP contribution < -0.4 is 16.4 Å². The molecule has 19 heavy (non-hydrogen) atoms. The van der Waals surface area contributed by atoms with Crippen LogP contribution in [0.15, 0.2) is 12.4 Å². The Kier molecular flexibility index (Phi) is 4.00. The van der Waals surface area contributed by atoms with Gasteiger partial charge in [0.25, 0.3) is 5.91 Å². The van der Waals surface area contributed by atoms with Crippen molar-refractivity contribution in [1.82, 2.24) is 14.8 Å². The molecule has 0 bridgehead atoms. The molecule has 0 aromatic carbocycles. The smallest absolute Gasteiger partial charge is 0.269 e. The van der Waals surface area contributed by atoms with Gasteiger partial charge in [-0.2, -0.15) is 5.10 Å². The van der Waals surface area contributed by atoms with Crippen molar-refractivity contribution in [3.63, 3.8) is 0 Å². The Morgan fingerprint density at radius 2 is 2.32 bits per heavy atom. The zero-order valence-electron chi connectivity index (χ0n) is 10.8. The van der Waals surface area contributed by atoms with Crippen LogP contribution in [0.5, 0.6) is 0 Å². The maximum absolute atomic E-state index is 12.1. The van der Waals surface area contributed by atoms with Gasteiger partial charge >= 0.3 is 0 Å². The summed E-state index contributed by atoms with van der Waals surface area (Å²) >= 11 is 1.24. The molecule has 4 N–H and O–H groups in total. The van der Waals surface area contributed by atoms with E-state index in [-0.39, 0.29) is 11.7 Å². The molecule has 2 rings (SSSR count). The second-order valence-corrected chi connectivity index (χ2v) is 4.80. The van der Waals surface area contributed by atoms with Crippen molar-refractivity contribution in [3.05, 3.63) is 17.3 Å². The standard InChI is InChI=1S/C11H16N6OS/c1-3-13-11-16-9(12)8(19-11)10(18)15-7-5-14-17(4-2)6-7/h5-6H,3-4,12H2,1-2H3,(H,13,16)(H,15,18). The third-order valence-corrected chi connectivity index (χ3v) is 3.43. The third-order valence-electron chi connectivity index (χ3n) is 2.40. The normalized spacial score (nSPS) is 10.4. The molecule has 0 fully saturated rings. The number of nitrogens with two attached hydrogens (primary N) is 1. The van der Waals surface area contributed by atoms with Crippen LogP contribution in [0.2, 0.25) is 0 Å². The lowest BCUT2D eigenvalue weighted by Gasteiger charge is -1.99. The van der Waals surface area contributed by atoms with Crippen molar-refractivity contribution in [3.8, 4) is 0 Å².